The largest absolute Gasteiger partial charge is 0.316 e. The molecular weight excluding hydrogens is 100 g/mol. The fraction of sp³-hybridized carbons (Fsp3) is 0.500. The molecule has 2 nitrogen and oxygen atoms in total. The van der Waals surface area contributed by atoms with E-state index in [-0.39, 0.29) is 6.04 Å². The average Bonchev–Trinajstić information content (AvgIpc) is 1.83. The van der Waals surface area contributed by atoms with E-state index in [0.717, 1.165) is 0 Å². The first-order valence-corrected chi connectivity index (χ1v) is 2.57. The molecule has 1 atom stereocenters. The van der Waals surface area contributed by atoms with Gasteiger partial charge in [0, 0.05) is 0 Å². The lowest BCUT2D eigenvalue weighted by Gasteiger charge is -1.91. The van der Waals surface area contributed by atoms with Gasteiger partial charge in [-0.15, -0.1) is 0 Å². The van der Waals surface area contributed by atoms with Crippen LogP contribution in [0.25, 0.3) is 0 Å². The summed E-state index contributed by atoms with van der Waals surface area (Å²) in [5.41, 5.74) is 5.25. The molecule has 0 aliphatic carbocycles. The van der Waals surface area contributed by atoms with E-state index in [0.29, 0.717) is 6.42 Å². The van der Waals surface area contributed by atoms with Crippen LogP contribution in [0.15, 0.2) is 12.2 Å². The zero-order valence-electron chi connectivity index (χ0n) is 4.96. The number of allylic oxidation sites excluding steroid dienone is 1. The van der Waals surface area contributed by atoms with Crippen molar-refractivity contribution in [2.75, 3.05) is 0 Å². The van der Waals surface area contributed by atoms with E-state index >= 15 is 0 Å². The van der Waals surface area contributed by atoms with Crippen LogP contribution < -0.4 is 5.73 Å². The van der Waals surface area contributed by atoms with Gasteiger partial charge >= 0.3 is 0 Å². The minimum Gasteiger partial charge on any atom is -0.316 e. The zero-order chi connectivity index (χ0) is 6.41. The molecule has 0 saturated heterocycles. The second kappa shape index (κ2) is 4.35. The van der Waals surface area contributed by atoms with Crippen LogP contribution in [0, 0.1) is 11.3 Å². The lowest BCUT2D eigenvalue weighted by molar-refractivity contribution is 0.847. The number of nitrogens with zero attached hydrogens (tertiary/aromatic N) is 1. The monoisotopic (exact) mass is 110 g/mol. The maximum Gasteiger partial charge on any atom is 0.0962 e. The summed E-state index contributed by atoms with van der Waals surface area (Å²) in [6, 6.07) is 1.60. The number of hydrogen-bond acceptors (Lipinski definition) is 2. The number of nitriles is 1. The van der Waals surface area contributed by atoms with Crippen LogP contribution in [0.2, 0.25) is 0 Å². The molecule has 0 aromatic heterocycles. The van der Waals surface area contributed by atoms with Crippen molar-refractivity contribution in [2.45, 2.75) is 19.4 Å². The first-order chi connectivity index (χ1) is 3.81. The molecule has 8 heavy (non-hydrogen) atoms. The standard InChI is InChI=1S/C6H10N2/c1-2-3-4-6(8)5-7/h2-3,6H,4,8H2,1H3/b3-2+. The van der Waals surface area contributed by atoms with Gasteiger partial charge < -0.3 is 5.73 Å². The fourth-order valence-electron chi connectivity index (χ4n) is 0.335. The van der Waals surface area contributed by atoms with Gasteiger partial charge in [-0.1, -0.05) is 12.2 Å². The van der Waals surface area contributed by atoms with Crippen LogP contribution in [0.3, 0.4) is 0 Å². The molecule has 0 heterocycles. The maximum atomic E-state index is 8.15. The van der Waals surface area contributed by atoms with Crippen molar-refractivity contribution in [3.8, 4) is 6.07 Å². The van der Waals surface area contributed by atoms with Gasteiger partial charge in [0.25, 0.3) is 0 Å². The van der Waals surface area contributed by atoms with Crippen LogP contribution in [-0.2, 0) is 0 Å². The van der Waals surface area contributed by atoms with E-state index in [2.05, 4.69) is 0 Å². The van der Waals surface area contributed by atoms with Gasteiger partial charge in [-0.25, -0.2) is 0 Å². The Bertz CT molecular complexity index is 110. The molecule has 2 N–H and O–H groups in total. The molecule has 0 saturated carbocycles. The van der Waals surface area contributed by atoms with Crippen LogP contribution >= 0.6 is 0 Å². The Morgan fingerprint density at radius 1 is 1.88 bits per heavy atom. The van der Waals surface area contributed by atoms with E-state index in [1.54, 1.807) is 0 Å². The van der Waals surface area contributed by atoms with Gasteiger partial charge in [0.15, 0.2) is 0 Å². The molecule has 0 amide bonds. The molecule has 1 unspecified atom stereocenters. The van der Waals surface area contributed by atoms with E-state index < -0.39 is 0 Å². The Kier molecular flexibility index (Phi) is 3.91. The predicted molar refractivity (Wildman–Crippen MR) is 33.0 cm³/mol. The third-order valence-electron chi connectivity index (χ3n) is 0.792. The second-order valence-corrected chi connectivity index (χ2v) is 1.54. The van der Waals surface area contributed by atoms with Crippen molar-refractivity contribution in [3.05, 3.63) is 12.2 Å². The fourth-order valence-corrected chi connectivity index (χ4v) is 0.335. The molecule has 0 aliphatic rings. The quantitative estimate of drug-likeness (QED) is 0.534. The summed E-state index contributed by atoms with van der Waals surface area (Å²) in [6.07, 6.45) is 4.43. The number of nitrogens with two attached hydrogens (primary N) is 1. The molecule has 0 aromatic carbocycles. The lowest BCUT2D eigenvalue weighted by Crippen LogP contribution is -2.15. The molecule has 0 bridgehead atoms. The molecule has 0 radical (unpaired) electrons. The van der Waals surface area contributed by atoms with Gasteiger partial charge in [-0.2, -0.15) is 5.26 Å². The van der Waals surface area contributed by atoms with Crippen LogP contribution in [0.4, 0.5) is 0 Å². The molecule has 44 valence electrons. The Hall–Kier alpha value is -0.810. The molecule has 0 rings (SSSR count). The highest BCUT2D eigenvalue weighted by Gasteiger charge is 1.91. The SMILES string of the molecule is C/C=C/CC(N)C#N. The molecule has 0 fully saturated rings. The third kappa shape index (κ3) is 3.38. The van der Waals surface area contributed by atoms with Crippen molar-refractivity contribution < 1.29 is 0 Å². The lowest BCUT2D eigenvalue weighted by atomic mass is 10.2. The summed E-state index contributed by atoms with van der Waals surface area (Å²) < 4.78 is 0. The highest BCUT2D eigenvalue weighted by Crippen LogP contribution is 1.85. The van der Waals surface area contributed by atoms with Gasteiger partial charge in [0.2, 0.25) is 0 Å². The Balaban J connectivity index is 3.28. The minimum atomic E-state index is -0.328. The third-order valence-corrected chi connectivity index (χ3v) is 0.792. The Labute approximate surface area is 49.6 Å². The molecule has 0 aromatic rings. The molecular formula is C6H10N2. The van der Waals surface area contributed by atoms with E-state index in [1.165, 1.54) is 0 Å². The van der Waals surface area contributed by atoms with E-state index in [4.69, 9.17) is 11.0 Å². The molecule has 0 spiro atoms. The summed E-state index contributed by atoms with van der Waals surface area (Å²) in [6.45, 7) is 1.91. The maximum absolute atomic E-state index is 8.15. The first-order valence-electron chi connectivity index (χ1n) is 2.57. The van der Waals surface area contributed by atoms with Crippen molar-refractivity contribution in [1.82, 2.24) is 0 Å². The van der Waals surface area contributed by atoms with Crippen molar-refractivity contribution in [3.63, 3.8) is 0 Å². The summed E-state index contributed by atoms with van der Waals surface area (Å²) in [5.74, 6) is 0. The van der Waals surface area contributed by atoms with Gasteiger partial charge in [0.1, 0.15) is 0 Å². The smallest absolute Gasteiger partial charge is 0.0962 e. The molecule has 2 heteroatoms. The second-order valence-electron chi connectivity index (χ2n) is 1.54. The number of rotatable bonds is 2. The van der Waals surface area contributed by atoms with Crippen molar-refractivity contribution >= 4 is 0 Å². The Morgan fingerprint density at radius 2 is 2.50 bits per heavy atom. The highest BCUT2D eigenvalue weighted by molar-refractivity contribution is 4.93. The molecule has 0 aliphatic heterocycles. The highest BCUT2D eigenvalue weighted by atomic mass is 14.6. The van der Waals surface area contributed by atoms with E-state index in [1.807, 2.05) is 25.1 Å². The summed E-state index contributed by atoms with van der Waals surface area (Å²) in [7, 11) is 0. The van der Waals surface area contributed by atoms with Crippen LogP contribution in [-0.4, -0.2) is 6.04 Å². The predicted octanol–water partition coefficient (Wildman–Crippen LogP) is 0.803. The normalized spacial score (nSPS) is 13.6. The first kappa shape index (κ1) is 7.19. The summed E-state index contributed by atoms with van der Waals surface area (Å²) in [5, 5.41) is 8.15. The average molecular weight is 110 g/mol. The Morgan fingerprint density at radius 3 is 2.88 bits per heavy atom. The topological polar surface area (TPSA) is 49.8 Å². The minimum absolute atomic E-state index is 0.328. The van der Waals surface area contributed by atoms with Crippen molar-refractivity contribution in [2.24, 2.45) is 5.73 Å². The van der Waals surface area contributed by atoms with E-state index in [9.17, 15) is 0 Å². The van der Waals surface area contributed by atoms with Crippen LogP contribution in [0.1, 0.15) is 13.3 Å². The summed E-state index contributed by atoms with van der Waals surface area (Å²) in [4.78, 5) is 0. The van der Waals surface area contributed by atoms with Crippen LogP contribution in [0.5, 0.6) is 0 Å². The summed E-state index contributed by atoms with van der Waals surface area (Å²) >= 11 is 0. The van der Waals surface area contributed by atoms with Crippen molar-refractivity contribution in [1.29, 1.82) is 5.26 Å². The van der Waals surface area contributed by atoms with Gasteiger partial charge in [0.05, 0.1) is 12.1 Å². The zero-order valence-corrected chi connectivity index (χ0v) is 4.96. The van der Waals surface area contributed by atoms with Gasteiger partial charge in [-0.05, 0) is 13.3 Å². The van der Waals surface area contributed by atoms with Gasteiger partial charge in [-0.3, -0.25) is 0 Å². The number of hydrogen-bond donors (Lipinski definition) is 1.